The van der Waals surface area contributed by atoms with Gasteiger partial charge in [-0.2, -0.15) is 0 Å². The van der Waals surface area contributed by atoms with Crippen molar-refractivity contribution in [3.05, 3.63) is 48.0 Å². The van der Waals surface area contributed by atoms with Crippen LogP contribution in [0.1, 0.15) is 24.2 Å². The van der Waals surface area contributed by atoms with Crippen molar-refractivity contribution in [3.8, 4) is 11.5 Å². The standard InChI is InChI=1S/C19H20N2O3S/c1-12(2)24-14-9-7-13(8-10-14)15(22)11-20-19-21-18-16(23-3)5-4-6-17(18)25-19/h4-10,12H,11H2,1-3H3,(H,20,21). The number of Topliss-reactive ketones (excluding diaryl/α,β-unsaturated/α-hetero) is 1. The molecule has 6 heteroatoms. The third-order valence-electron chi connectivity index (χ3n) is 3.55. The third kappa shape index (κ3) is 4.09. The number of carbonyl (C=O) groups is 1. The van der Waals surface area contributed by atoms with Crippen LogP contribution in [-0.4, -0.2) is 30.5 Å². The highest BCUT2D eigenvalue weighted by atomic mass is 32.1. The lowest BCUT2D eigenvalue weighted by atomic mass is 10.1. The van der Waals surface area contributed by atoms with Gasteiger partial charge in [-0.05, 0) is 50.2 Å². The van der Waals surface area contributed by atoms with Gasteiger partial charge >= 0.3 is 0 Å². The van der Waals surface area contributed by atoms with Crippen molar-refractivity contribution in [2.75, 3.05) is 19.0 Å². The second kappa shape index (κ2) is 7.53. The lowest BCUT2D eigenvalue weighted by Crippen LogP contribution is -2.14. The summed E-state index contributed by atoms with van der Waals surface area (Å²) in [5.74, 6) is 1.49. The van der Waals surface area contributed by atoms with E-state index >= 15 is 0 Å². The van der Waals surface area contributed by atoms with E-state index in [2.05, 4.69) is 10.3 Å². The summed E-state index contributed by atoms with van der Waals surface area (Å²) in [6, 6.07) is 13.0. The van der Waals surface area contributed by atoms with Crippen LogP contribution in [0.2, 0.25) is 0 Å². The molecule has 0 bridgehead atoms. The van der Waals surface area contributed by atoms with Gasteiger partial charge in [-0.1, -0.05) is 17.4 Å². The molecule has 130 valence electrons. The number of rotatable bonds is 7. The van der Waals surface area contributed by atoms with Gasteiger partial charge in [0.1, 0.15) is 17.0 Å². The van der Waals surface area contributed by atoms with E-state index in [1.54, 1.807) is 19.2 Å². The fraction of sp³-hybridized carbons (Fsp3) is 0.263. The molecule has 1 heterocycles. The number of carbonyl (C=O) groups excluding carboxylic acids is 1. The molecule has 0 spiro atoms. The van der Waals surface area contributed by atoms with Gasteiger partial charge in [0.25, 0.3) is 0 Å². The molecule has 0 aliphatic rings. The maximum Gasteiger partial charge on any atom is 0.184 e. The van der Waals surface area contributed by atoms with Crippen molar-refractivity contribution in [1.29, 1.82) is 0 Å². The predicted molar refractivity (Wildman–Crippen MR) is 101 cm³/mol. The van der Waals surface area contributed by atoms with Crippen molar-refractivity contribution < 1.29 is 14.3 Å². The maximum absolute atomic E-state index is 12.3. The Bertz CT molecular complexity index is 872. The molecule has 0 saturated heterocycles. The van der Waals surface area contributed by atoms with Crippen LogP contribution in [0.5, 0.6) is 11.5 Å². The zero-order valence-corrected chi connectivity index (χ0v) is 15.2. The lowest BCUT2D eigenvalue weighted by molar-refractivity contribution is 0.101. The van der Waals surface area contributed by atoms with Crippen molar-refractivity contribution in [2.45, 2.75) is 20.0 Å². The number of nitrogens with zero attached hydrogens (tertiary/aromatic N) is 1. The Balaban J connectivity index is 1.66. The molecule has 3 rings (SSSR count). The van der Waals surface area contributed by atoms with Gasteiger partial charge in [-0.3, -0.25) is 4.79 Å². The minimum Gasteiger partial charge on any atom is -0.494 e. The molecule has 1 N–H and O–H groups in total. The molecule has 0 fully saturated rings. The number of ketones is 1. The van der Waals surface area contributed by atoms with Crippen LogP contribution in [0.25, 0.3) is 10.2 Å². The van der Waals surface area contributed by atoms with Gasteiger partial charge in [0, 0.05) is 5.56 Å². The summed E-state index contributed by atoms with van der Waals surface area (Å²) in [5.41, 5.74) is 1.45. The number of methoxy groups -OCH3 is 1. The van der Waals surface area contributed by atoms with Gasteiger partial charge in [-0.25, -0.2) is 4.98 Å². The van der Waals surface area contributed by atoms with Crippen LogP contribution < -0.4 is 14.8 Å². The number of para-hydroxylation sites is 1. The van der Waals surface area contributed by atoms with E-state index in [1.807, 2.05) is 44.2 Å². The predicted octanol–water partition coefficient (Wildman–Crippen LogP) is 4.39. The molecule has 1 aromatic heterocycles. The fourth-order valence-corrected chi connectivity index (χ4v) is 3.29. The second-order valence-corrected chi connectivity index (χ2v) is 6.82. The Labute approximate surface area is 150 Å². The number of thiazole rings is 1. The number of benzene rings is 2. The van der Waals surface area contributed by atoms with Gasteiger partial charge < -0.3 is 14.8 Å². The molecular weight excluding hydrogens is 336 g/mol. The van der Waals surface area contributed by atoms with Crippen molar-refractivity contribution in [2.24, 2.45) is 0 Å². The number of aromatic nitrogens is 1. The van der Waals surface area contributed by atoms with Crippen molar-refractivity contribution in [1.82, 2.24) is 4.98 Å². The Morgan fingerprint density at radius 3 is 2.64 bits per heavy atom. The molecule has 25 heavy (non-hydrogen) atoms. The molecule has 0 radical (unpaired) electrons. The summed E-state index contributed by atoms with van der Waals surface area (Å²) in [6.45, 7) is 4.12. The monoisotopic (exact) mass is 356 g/mol. The summed E-state index contributed by atoms with van der Waals surface area (Å²) in [6.07, 6.45) is 0.110. The largest absolute Gasteiger partial charge is 0.494 e. The average Bonchev–Trinajstić information content (AvgIpc) is 3.02. The zero-order chi connectivity index (χ0) is 17.8. The highest BCUT2D eigenvalue weighted by molar-refractivity contribution is 7.22. The first-order valence-corrected chi connectivity index (χ1v) is 8.86. The van der Waals surface area contributed by atoms with E-state index in [0.29, 0.717) is 10.7 Å². The second-order valence-electron chi connectivity index (χ2n) is 5.79. The molecular formula is C19H20N2O3S. The van der Waals surface area contributed by atoms with Gasteiger partial charge in [0.15, 0.2) is 10.9 Å². The number of nitrogens with one attached hydrogen (secondary N) is 1. The van der Waals surface area contributed by atoms with Crippen LogP contribution in [0.15, 0.2) is 42.5 Å². The summed E-state index contributed by atoms with van der Waals surface area (Å²) in [5, 5.41) is 3.80. The van der Waals surface area contributed by atoms with Crippen LogP contribution >= 0.6 is 11.3 Å². The normalized spacial score (nSPS) is 10.9. The first-order valence-electron chi connectivity index (χ1n) is 8.04. The van der Waals surface area contributed by atoms with Crippen LogP contribution in [0.4, 0.5) is 5.13 Å². The van der Waals surface area contributed by atoms with Crippen LogP contribution in [-0.2, 0) is 0 Å². The average molecular weight is 356 g/mol. The Morgan fingerprint density at radius 2 is 1.96 bits per heavy atom. The zero-order valence-electron chi connectivity index (χ0n) is 14.4. The van der Waals surface area contributed by atoms with E-state index in [9.17, 15) is 4.79 Å². The summed E-state index contributed by atoms with van der Waals surface area (Å²) in [4.78, 5) is 16.8. The molecule has 0 aliphatic carbocycles. The minimum atomic E-state index is 0.00215. The number of ether oxygens (including phenoxy) is 2. The summed E-state index contributed by atoms with van der Waals surface area (Å²) < 4.78 is 11.9. The Hall–Kier alpha value is -2.60. The van der Waals surface area contributed by atoms with E-state index in [4.69, 9.17) is 9.47 Å². The smallest absolute Gasteiger partial charge is 0.184 e. The number of anilines is 1. The Kier molecular flexibility index (Phi) is 5.19. The first kappa shape index (κ1) is 17.2. The minimum absolute atomic E-state index is 0.00215. The summed E-state index contributed by atoms with van der Waals surface area (Å²) >= 11 is 1.50. The number of fused-ring (bicyclic) bond motifs is 1. The first-order chi connectivity index (χ1) is 12.1. The topological polar surface area (TPSA) is 60.5 Å². The highest BCUT2D eigenvalue weighted by Gasteiger charge is 2.11. The van der Waals surface area contributed by atoms with Crippen LogP contribution in [0.3, 0.4) is 0 Å². The van der Waals surface area contributed by atoms with E-state index in [-0.39, 0.29) is 18.4 Å². The number of hydrogen-bond donors (Lipinski definition) is 1. The maximum atomic E-state index is 12.3. The van der Waals surface area contributed by atoms with E-state index in [1.165, 1.54) is 11.3 Å². The molecule has 0 saturated carbocycles. The molecule has 2 aromatic carbocycles. The van der Waals surface area contributed by atoms with E-state index < -0.39 is 0 Å². The van der Waals surface area contributed by atoms with E-state index in [0.717, 1.165) is 21.7 Å². The third-order valence-corrected chi connectivity index (χ3v) is 4.53. The van der Waals surface area contributed by atoms with Gasteiger partial charge in [-0.15, -0.1) is 0 Å². The van der Waals surface area contributed by atoms with Crippen LogP contribution in [0, 0.1) is 0 Å². The lowest BCUT2D eigenvalue weighted by Gasteiger charge is -2.09. The van der Waals surface area contributed by atoms with Gasteiger partial charge in [0.05, 0.1) is 24.5 Å². The molecule has 0 atom stereocenters. The quantitative estimate of drug-likeness (QED) is 0.636. The van der Waals surface area contributed by atoms with Crippen molar-refractivity contribution in [3.63, 3.8) is 0 Å². The fourth-order valence-electron chi connectivity index (χ4n) is 2.41. The molecule has 0 amide bonds. The number of hydrogen-bond acceptors (Lipinski definition) is 6. The molecule has 5 nitrogen and oxygen atoms in total. The van der Waals surface area contributed by atoms with Gasteiger partial charge in [0.2, 0.25) is 0 Å². The Morgan fingerprint density at radius 1 is 1.20 bits per heavy atom. The summed E-state index contributed by atoms with van der Waals surface area (Å²) in [7, 11) is 1.62. The highest BCUT2D eigenvalue weighted by Crippen LogP contribution is 2.32. The molecule has 0 unspecified atom stereocenters. The SMILES string of the molecule is COc1cccc2sc(NCC(=O)c3ccc(OC(C)C)cc3)nc12. The molecule has 0 aliphatic heterocycles. The van der Waals surface area contributed by atoms with Crippen molar-refractivity contribution >= 4 is 32.5 Å². The molecule has 3 aromatic rings.